The number of carbonyl (C=O) groups is 1. The van der Waals surface area contributed by atoms with Crippen molar-refractivity contribution in [2.24, 2.45) is 7.05 Å². The number of hydrogen-bond donors (Lipinski definition) is 1. The Morgan fingerprint density at radius 2 is 1.87 bits per heavy atom. The molecule has 2 aromatic carbocycles. The average Bonchev–Trinajstić information content (AvgIpc) is 2.82. The van der Waals surface area contributed by atoms with Gasteiger partial charge in [0.2, 0.25) is 5.91 Å². The van der Waals surface area contributed by atoms with Gasteiger partial charge in [-0.15, -0.1) is 0 Å². The van der Waals surface area contributed by atoms with Crippen molar-refractivity contribution in [1.29, 1.82) is 0 Å². The van der Waals surface area contributed by atoms with Crippen molar-refractivity contribution in [3.8, 4) is 0 Å². The van der Waals surface area contributed by atoms with Gasteiger partial charge in [0.1, 0.15) is 5.82 Å². The van der Waals surface area contributed by atoms with E-state index in [1.807, 2.05) is 6.07 Å². The molecule has 1 amide bonds. The minimum absolute atomic E-state index is 0.161. The Morgan fingerprint density at radius 3 is 2.61 bits per heavy atom. The van der Waals surface area contributed by atoms with Crippen LogP contribution in [0.2, 0.25) is 0 Å². The normalized spacial score (nSPS) is 10.9. The van der Waals surface area contributed by atoms with E-state index in [9.17, 15) is 14.0 Å². The zero-order chi connectivity index (χ0) is 16.4. The second-order valence-corrected chi connectivity index (χ2v) is 5.31. The van der Waals surface area contributed by atoms with Crippen LogP contribution in [0.5, 0.6) is 0 Å². The first-order chi connectivity index (χ1) is 11.0. The summed E-state index contributed by atoms with van der Waals surface area (Å²) in [5.74, 6) is -0.907. The smallest absolute Gasteiger partial charge is 0.408 e. The van der Waals surface area contributed by atoms with Crippen molar-refractivity contribution in [2.45, 2.75) is 13.0 Å². The Labute approximate surface area is 131 Å². The molecule has 1 N–H and O–H groups in total. The lowest BCUT2D eigenvalue weighted by Crippen LogP contribution is -2.24. The summed E-state index contributed by atoms with van der Waals surface area (Å²) < 4.78 is 19.4. The Morgan fingerprint density at radius 1 is 1.17 bits per heavy atom. The standard InChI is InChI=1S/C17H15FN2O3/c1-20-14-7-4-12(8-15(14)23-17(20)22)10-19-16(21)9-11-2-5-13(18)6-3-11/h2-8H,9-10H2,1H3,(H,19,21). The molecule has 3 aromatic rings. The van der Waals surface area contributed by atoms with Gasteiger partial charge in [0.25, 0.3) is 0 Å². The summed E-state index contributed by atoms with van der Waals surface area (Å²) in [5.41, 5.74) is 2.77. The summed E-state index contributed by atoms with van der Waals surface area (Å²) in [6.07, 6.45) is 0.183. The summed E-state index contributed by atoms with van der Waals surface area (Å²) in [7, 11) is 1.64. The zero-order valence-corrected chi connectivity index (χ0v) is 12.5. The van der Waals surface area contributed by atoms with Crippen LogP contribution in [-0.4, -0.2) is 10.5 Å². The molecule has 23 heavy (non-hydrogen) atoms. The number of hydrogen-bond acceptors (Lipinski definition) is 3. The summed E-state index contributed by atoms with van der Waals surface area (Å²) in [4.78, 5) is 23.4. The van der Waals surface area contributed by atoms with Crippen LogP contribution in [0, 0.1) is 5.82 Å². The summed E-state index contributed by atoms with van der Waals surface area (Å²) >= 11 is 0. The first-order valence-corrected chi connectivity index (χ1v) is 7.12. The summed E-state index contributed by atoms with van der Waals surface area (Å²) in [5, 5.41) is 2.79. The van der Waals surface area contributed by atoms with Crippen molar-refractivity contribution in [3.63, 3.8) is 0 Å². The molecule has 1 aromatic heterocycles. The molecule has 6 heteroatoms. The van der Waals surface area contributed by atoms with Crippen molar-refractivity contribution in [1.82, 2.24) is 9.88 Å². The van der Waals surface area contributed by atoms with E-state index in [0.717, 1.165) is 11.1 Å². The molecule has 0 spiro atoms. The van der Waals surface area contributed by atoms with Gasteiger partial charge in [-0.05, 0) is 35.4 Å². The Bertz CT molecular complexity index is 910. The second-order valence-electron chi connectivity index (χ2n) is 5.31. The SMILES string of the molecule is Cn1c(=O)oc2cc(CNC(=O)Cc3ccc(F)cc3)ccc21. The molecule has 0 aliphatic carbocycles. The van der Waals surface area contributed by atoms with Crippen molar-refractivity contribution >= 4 is 17.0 Å². The molecule has 0 bridgehead atoms. The summed E-state index contributed by atoms with van der Waals surface area (Å²) in [6.45, 7) is 0.328. The highest BCUT2D eigenvalue weighted by Gasteiger charge is 2.08. The molecule has 0 unspecified atom stereocenters. The van der Waals surface area contributed by atoms with E-state index in [1.165, 1.54) is 16.7 Å². The molecule has 0 fully saturated rings. The Balaban J connectivity index is 1.64. The third-order valence-corrected chi connectivity index (χ3v) is 3.62. The topological polar surface area (TPSA) is 64.2 Å². The molecule has 5 nitrogen and oxygen atoms in total. The largest absolute Gasteiger partial charge is 0.419 e. The molecular formula is C17H15FN2O3. The highest BCUT2D eigenvalue weighted by molar-refractivity contribution is 5.79. The number of nitrogens with zero attached hydrogens (tertiary/aromatic N) is 1. The highest BCUT2D eigenvalue weighted by atomic mass is 19.1. The molecule has 0 saturated heterocycles. The number of fused-ring (bicyclic) bond motifs is 1. The van der Waals surface area contributed by atoms with Crippen LogP contribution < -0.4 is 11.1 Å². The molecule has 0 aliphatic heterocycles. The molecule has 0 saturated carbocycles. The van der Waals surface area contributed by atoms with E-state index in [-0.39, 0.29) is 18.1 Å². The predicted molar refractivity (Wildman–Crippen MR) is 83.4 cm³/mol. The van der Waals surface area contributed by atoms with Gasteiger partial charge in [-0.25, -0.2) is 9.18 Å². The van der Waals surface area contributed by atoms with Crippen LogP contribution in [0.15, 0.2) is 51.7 Å². The number of nitrogens with one attached hydrogen (secondary N) is 1. The quantitative estimate of drug-likeness (QED) is 0.802. The number of aryl methyl sites for hydroxylation is 1. The monoisotopic (exact) mass is 314 g/mol. The van der Waals surface area contributed by atoms with E-state index in [0.29, 0.717) is 17.6 Å². The molecule has 0 aliphatic rings. The first kappa shape index (κ1) is 15.0. The highest BCUT2D eigenvalue weighted by Crippen LogP contribution is 2.14. The van der Waals surface area contributed by atoms with Gasteiger partial charge in [0, 0.05) is 13.6 Å². The maximum atomic E-state index is 12.8. The predicted octanol–water partition coefficient (Wildman–Crippen LogP) is 2.13. The van der Waals surface area contributed by atoms with Crippen molar-refractivity contribution in [3.05, 3.63) is 70.0 Å². The number of halogens is 1. The third kappa shape index (κ3) is 3.31. The second kappa shape index (κ2) is 6.08. The minimum Gasteiger partial charge on any atom is -0.408 e. The fourth-order valence-electron chi connectivity index (χ4n) is 2.34. The number of amides is 1. The lowest BCUT2D eigenvalue weighted by Gasteiger charge is -2.06. The number of benzene rings is 2. The zero-order valence-electron chi connectivity index (χ0n) is 12.5. The van der Waals surface area contributed by atoms with Crippen molar-refractivity contribution in [2.75, 3.05) is 0 Å². The third-order valence-electron chi connectivity index (χ3n) is 3.62. The number of oxazole rings is 1. The number of rotatable bonds is 4. The van der Waals surface area contributed by atoms with E-state index >= 15 is 0 Å². The maximum absolute atomic E-state index is 12.8. The molecular weight excluding hydrogens is 299 g/mol. The van der Waals surface area contributed by atoms with E-state index in [2.05, 4.69) is 5.32 Å². The van der Waals surface area contributed by atoms with Crippen molar-refractivity contribution < 1.29 is 13.6 Å². The maximum Gasteiger partial charge on any atom is 0.419 e. The minimum atomic E-state index is -0.419. The molecule has 0 atom stereocenters. The Kier molecular flexibility index (Phi) is 3.97. The van der Waals surface area contributed by atoms with Crippen LogP contribution in [0.3, 0.4) is 0 Å². The van der Waals surface area contributed by atoms with E-state index < -0.39 is 5.76 Å². The van der Waals surface area contributed by atoms with Crippen LogP contribution in [0.1, 0.15) is 11.1 Å². The first-order valence-electron chi connectivity index (χ1n) is 7.12. The fourth-order valence-corrected chi connectivity index (χ4v) is 2.34. The lowest BCUT2D eigenvalue weighted by atomic mass is 10.1. The molecule has 3 rings (SSSR count). The number of aromatic nitrogens is 1. The van der Waals surface area contributed by atoms with Gasteiger partial charge in [-0.1, -0.05) is 18.2 Å². The van der Waals surface area contributed by atoms with E-state index in [4.69, 9.17) is 4.42 Å². The Hall–Kier alpha value is -2.89. The molecule has 0 radical (unpaired) electrons. The van der Waals surface area contributed by atoms with Gasteiger partial charge >= 0.3 is 5.76 Å². The lowest BCUT2D eigenvalue weighted by molar-refractivity contribution is -0.120. The van der Waals surface area contributed by atoms with Gasteiger partial charge in [-0.3, -0.25) is 9.36 Å². The van der Waals surface area contributed by atoms with Gasteiger partial charge < -0.3 is 9.73 Å². The fraction of sp³-hybridized carbons (Fsp3) is 0.176. The van der Waals surface area contributed by atoms with Gasteiger partial charge in [0.15, 0.2) is 5.58 Å². The van der Waals surface area contributed by atoms with Crippen LogP contribution in [-0.2, 0) is 24.8 Å². The van der Waals surface area contributed by atoms with Gasteiger partial charge in [0.05, 0.1) is 11.9 Å². The van der Waals surface area contributed by atoms with Crippen LogP contribution in [0.4, 0.5) is 4.39 Å². The average molecular weight is 314 g/mol. The van der Waals surface area contributed by atoms with E-state index in [1.54, 1.807) is 31.3 Å². The molecule has 1 heterocycles. The van der Waals surface area contributed by atoms with Crippen LogP contribution >= 0.6 is 0 Å². The van der Waals surface area contributed by atoms with Crippen LogP contribution in [0.25, 0.3) is 11.1 Å². The van der Waals surface area contributed by atoms with Gasteiger partial charge in [-0.2, -0.15) is 0 Å². The molecule has 118 valence electrons. The summed E-state index contributed by atoms with van der Waals surface area (Å²) in [6, 6.07) is 11.2. The number of carbonyl (C=O) groups excluding carboxylic acids is 1.